The quantitative estimate of drug-likeness (QED) is 0.546. The van der Waals surface area contributed by atoms with Gasteiger partial charge in [0.2, 0.25) is 0 Å². The highest BCUT2D eigenvalue weighted by molar-refractivity contribution is 9.10. The lowest BCUT2D eigenvalue weighted by atomic mass is 10.00. The van der Waals surface area contributed by atoms with Gasteiger partial charge >= 0.3 is 0 Å². The number of benzene rings is 2. The van der Waals surface area contributed by atoms with Crippen molar-refractivity contribution < 1.29 is 17.9 Å². The second kappa shape index (κ2) is 8.17. The average molecular weight is 493 g/mol. The molecule has 2 heterocycles. The Balaban J connectivity index is 1.46. The minimum absolute atomic E-state index is 0.152. The van der Waals surface area contributed by atoms with Gasteiger partial charge in [-0.2, -0.15) is 0 Å². The molecule has 1 aliphatic rings. The molecule has 1 amide bonds. The van der Waals surface area contributed by atoms with E-state index in [1.54, 1.807) is 41.8 Å². The second-order valence-electron chi connectivity index (χ2n) is 6.46. The van der Waals surface area contributed by atoms with Crippen molar-refractivity contribution in [1.29, 1.82) is 0 Å². The molecule has 1 atom stereocenters. The molecule has 29 heavy (non-hydrogen) atoms. The standard InChI is InChI=1S/C20H17BrN2O4S2/c21-14-5-8-18-16(12-14)17(9-10-27-18)22-20(24)13-3-6-15(7-4-13)23-29(25,26)19-2-1-11-28-19/h1-8,11-12,17,23H,9-10H2,(H,22,24). The van der Waals surface area contributed by atoms with Crippen molar-refractivity contribution in [1.82, 2.24) is 5.32 Å². The molecule has 0 spiro atoms. The Morgan fingerprint density at radius 2 is 1.93 bits per heavy atom. The van der Waals surface area contributed by atoms with Gasteiger partial charge in [0, 0.05) is 27.7 Å². The molecular formula is C20H17BrN2O4S2. The molecule has 1 aliphatic heterocycles. The van der Waals surface area contributed by atoms with Crippen molar-refractivity contribution in [3.05, 3.63) is 75.6 Å². The van der Waals surface area contributed by atoms with Crippen LogP contribution in [0.4, 0.5) is 5.69 Å². The van der Waals surface area contributed by atoms with E-state index in [1.165, 1.54) is 0 Å². The van der Waals surface area contributed by atoms with Gasteiger partial charge in [-0.3, -0.25) is 9.52 Å². The van der Waals surface area contributed by atoms with E-state index in [-0.39, 0.29) is 16.2 Å². The first-order valence-electron chi connectivity index (χ1n) is 8.82. The molecule has 4 rings (SSSR count). The molecule has 150 valence electrons. The first-order chi connectivity index (χ1) is 13.9. The zero-order valence-corrected chi connectivity index (χ0v) is 18.3. The number of hydrogen-bond donors (Lipinski definition) is 2. The average Bonchev–Trinajstić information content (AvgIpc) is 3.25. The van der Waals surface area contributed by atoms with Crippen LogP contribution < -0.4 is 14.8 Å². The highest BCUT2D eigenvalue weighted by atomic mass is 79.9. The Hall–Kier alpha value is -2.36. The molecule has 1 unspecified atom stereocenters. The van der Waals surface area contributed by atoms with Gasteiger partial charge in [-0.1, -0.05) is 22.0 Å². The topological polar surface area (TPSA) is 84.5 Å². The van der Waals surface area contributed by atoms with Crippen LogP contribution >= 0.6 is 27.3 Å². The first-order valence-corrected chi connectivity index (χ1v) is 12.0. The van der Waals surface area contributed by atoms with E-state index in [0.717, 1.165) is 27.1 Å². The zero-order chi connectivity index (χ0) is 20.4. The SMILES string of the molecule is O=C(NC1CCOc2ccc(Br)cc21)c1ccc(NS(=O)(=O)c2cccs2)cc1. The minimum Gasteiger partial charge on any atom is -0.493 e. The van der Waals surface area contributed by atoms with E-state index < -0.39 is 10.0 Å². The number of carbonyl (C=O) groups is 1. The van der Waals surface area contributed by atoms with Crippen LogP contribution in [0.25, 0.3) is 0 Å². The smallest absolute Gasteiger partial charge is 0.271 e. The molecule has 0 bridgehead atoms. The molecule has 9 heteroatoms. The van der Waals surface area contributed by atoms with E-state index in [0.29, 0.717) is 24.3 Å². The van der Waals surface area contributed by atoms with Crippen molar-refractivity contribution in [2.45, 2.75) is 16.7 Å². The van der Waals surface area contributed by atoms with Crippen molar-refractivity contribution in [2.24, 2.45) is 0 Å². The summed E-state index contributed by atoms with van der Waals surface area (Å²) in [5.41, 5.74) is 1.78. The van der Waals surface area contributed by atoms with Crippen LogP contribution in [0.1, 0.15) is 28.4 Å². The number of rotatable bonds is 5. The van der Waals surface area contributed by atoms with Gasteiger partial charge in [0.25, 0.3) is 15.9 Å². The summed E-state index contributed by atoms with van der Waals surface area (Å²) in [4.78, 5) is 12.7. The summed E-state index contributed by atoms with van der Waals surface area (Å²) in [6.07, 6.45) is 0.674. The molecule has 6 nitrogen and oxygen atoms in total. The molecule has 3 aromatic rings. The summed E-state index contributed by atoms with van der Waals surface area (Å²) < 4.78 is 33.9. The van der Waals surface area contributed by atoms with Crippen molar-refractivity contribution in [2.75, 3.05) is 11.3 Å². The maximum atomic E-state index is 12.7. The predicted molar refractivity (Wildman–Crippen MR) is 116 cm³/mol. The van der Waals surface area contributed by atoms with E-state index in [2.05, 4.69) is 26.0 Å². The highest BCUT2D eigenvalue weighted by Gasteiger charge is 2.24. The number of hydrogen-bond acceptors (Lipinski definition) is 5. The van der Waals surface area contributed by atoms with E-state index >= 15 is 0 Å². The summed E-state index contributed by atoms with van der Waals surface area (Å²) in [5.74, 6) is 0.540. The van der Waals surface area contributed by atoms with E-state index in [4.69, 9.17) is 4.74 Å². The minimum atomic E-state index is -3.61. The lowest BCUT2D eigenvalue weighted by Crippen LogP contribution is -2.32. The van der Waals surface area contributed by atoms with E-state index in [9.17, 15) is 13.2 Å². The molecule has 0 saturated carbocycles. The first kappa shape index (κ1) is 19.9. The largest absolute Gasteiger partial charge is 0.493 e. The van der Waals surface area contributed by atoms with Gasteiger partial charge < -0.3 is 10.1 Å². The van der Waals surface area contributed by atoms with Crippen molar-refractivity contribution in [3.63, 3.8) is 0 Å². The van der Waals surface area contributed by atoms with Crippen LogP contribution in [0.3, 0.4) is 0 Å². The number of halogens is 1. The summed E-state index contributed by atoms with van der Waals surface area (Å²) in [6.45, 7) is 0.531. The monoisotopic (exact) mass is 492 g/mol. The number of amides is 1. The lowest BCUT2D eigenvalue weighted by Gasteiger charge is -2.27. The third kappa shape index (κ3) is 4.47. The van der Waals surface area contributed by atoms with Gasteiger partial charge in [-0.05, 0) is 53.9 Å². The summed E-state index contributed by atoms with van der Waals surface area (Å²) in [7, 11) is -3.61. The Morgan fingerprint density at radius 1 is 1.14 bits per heavy atom. The van der Waals surface area contributed by atoms with Gasteiger partial charge in [-0.15, -0.1) is 11.3 Å². The number of nitrogens with one attached hydrogen (secondary N) is 2. The highest BCUT2D eigenvalue weighted by Crippen LogP contribution is 2.34. The predicted octanol–water partition coefficient (Wildman–Crippen LogP) is 4.57. The third-order valence-electron chi connectivity index (χ3n) is 4.48. The molecule has 0 aliphatic carbocycles. The summed E-state index contributed by atoms with van der Waals surface area (Å²) >= 11 is 4.60. The fourth-order valence-corrected chi connectivity index (χ4v) is 5.50. The van der Waals surface area contributed by atoms with Crippen molar-refractivity contribution >= 4 is 48.9 Å². The number of fused-ring (bicyclic) bond motifs is 1. The van der Waals surface area contributed by atoms with Crippen LogP contribution in [-0.4, -0.2) is 20.9 Å². The number of anilines is 1. The Labute approximate surface area is 181 Å². The van der Waals surface area contributed by atoms with Crippen molar-refractivity contribution in [3.8, 4) is 5.75 Å². The van der Waals surface area contributed by atoms with Crippen LogP contribution in [0.15, 0.2) is 68.7 Å². The Bertz CT molecular complexity index is 1130. The summed E-state index contributed by atoms with van der Waals surface area (Å²) in [5, 5.41) is 4.74. The number of sulfonamides is 1. The third-order valence-corrected chi connectivity index (χ3v) is 7.75. The van der Waals surface area contributed by atoms with Crippen LogP contribution in [-0.2, 0) is 10.0 Å². The van der Waals surface area contributed by atoms with Crippen LogP contribution in [0.5, 0.6) is 5.75 Å². The molecule has 2 aromatic carbocycles. The second-order valence-corrected chi connectivity index (χ2v) is 10.2. The summed E-state index contributed by atoms with van der Waals surface area (Å²) in [6, 6.07) is 15.2. The molecule has 0 saturated heterocycles. The van der Waals surface area contributed by atoms with Gasteiger partial charge in [0.1, 0.15) is 9.96 Å². The lowest BCUT2D eigenvalue weighted by molar-refractivity contribution is 0.0925. The molecule has 1 aromatic heterocycles. The normalized spacial score (nSPS) is 15.8. The van der Waals surface area contributed by atoms with Gasteiger partial charge in [-0.25, -0.2) is 8.42 Å². The fraction of sp³-hybridized carbons (Fsp3) is 0.150. The molecule has 0 radical (unpaired) electrons. The van der Waals surface area contributed by atoms with Gasteiger partial charge in [0.05, 0.1) is 12.6 Å². The number of thiophene rings is 1. The maximum absolute atomic E-state index is 12.7. The molecule has 2 N–H and O–H groups in total. The van der Waals surface area contributed by atoms with Crippen LogP contribution in [0.2, 0.25) is 0 Å². The zero-order valence-electron chi connectivity index (χ0n) is 15.1. The maximum Gasteiger partial charge on any atom is 0.271 e. The molecule has 0 fully saturated rings. The number of ether oxygens (including phenoxy) is 1. The van der Waals surface area contributed by atoms with E-state index in [1.807, 2.05) is 18.2 Å². The Kier molecular flexibility index (Phi) is 5.62. The Morgan fingerprint density at radius 3 is 2.66 bits per heavy atom. The van der Waals surface area contributed by atoms with Crippen LogP contribution in [0, 0.1) is 0 Å². The molecular weight excluding hydrogens is 476 g/mol. The van der Waals surface area contributed by atoms with Gasteiger partial charge in [0.15, 0.2) is 0 Å². The number of carbonyl (C=O) groups excluding carboxylic acids is 1. The fourth-order valence-electron chi connectivity index (χ4n) is 3.07.